The molecule has 0 bridgehead atoms. The first-order valence-corrected chi connectivity index (χ1v) is 8.47. The van der Waals surface area contributed by atoms with Crippen LogP contribution in [0.25, 0.3) is 22.2 Å². The summed E-state index contributed by atoms with van der Waals surface area (Å²) in [5.74, 6) is 1.13. The lowest BCUT2D eigenvalue weighted by atomic mass is 10.1. The number of methoxy groups -OCH3 is 1. The van der Waals surface area contributed by atoms with Gasteiger partial charge in [0.15, 0.2) is 0 Å². The molecular formula is C19H22N4O3. The largest absolute Gasteiger partial charge is 0.491 e. The molecule has 0 fully saturated rings. The van der Waals surface area contributed by atoms with Crippen molar-refractivity contribution in [3.8, 4) is 17.0 Å². The van der Waals surface area contributed by atoms with Gasteiger partial charge in [0, 0.05) is 24.3 Å². The molecule has 0 radical (unpaired) electrons. The zero-order chi connectivity index (χ0) is 18.5. The predicted octanol–water partition coefficient (Wildman–Crippen LogP) is 3.39. The van der Waals surface area contributed by atoms with Gasteiger partial charge in [0.1, 0.15) is 17.3 Å². The van der Waals surface area contributed by atoms with Gasteiger partial charge >= 0.3 is 0 Å². The molecule has 3 rings (SSSR count). The lowest BCUT2D eigenvalue weighted by Gasteiger charge is -2.09. The van der Waals surface area contributed by atoms with Gasteiger partial charge in [-0.05, 0) is 44.2 Å². The number of ether oxygens (including phenoxy) is 2. The summed E-state index contributed by atoms with van der Waals surface area (Å²) in [6.45, 7) is 4.35. The van der Waals surface area contributed by atoms with Gasteiger partial charge in [-0.2, -0.15) is 5.10 Å². The summed E-state index contributed by atoms with van der Waals surface area (Å²) in [4.78, 5) is 16.1. The number of pyridine rings is 1. The Morgan fingerprint density at radius 3 is 2.88 bits per heavy atom. The predicted molar refractivity (Wildman–Crippen MR) is 100 cm³/mol. The summed E-state index contributed by atoms with van der Waals surface area (Å²) in [5, 5.41) is 11.2. The highest BCUT2D eigenvalue weighted by Crippen LogP contribution is 2.30. The van der Waals surface area contributed by atoms with Crippen molar-refractivity contribution in [2.75, 3.05) is 19.0 Å². The van der Waals surface area contributed by atoms with Gasteiger partial charge in [0.2, 0.25) is 5.91 Å². The minimum atomic E-state index is -0.143. The molecule has 136 valence electrons. The first-order valence-electron chi connectivity index (χ1n) is 8.47. The summed E-state index contributed by atoms with van der Waals surface area (Å²) in [6, 6.07) is 9.48. The van der Waals surface area contributed by atoms with E-state index in [1.165, 1.54) is 0 Å². The minimum absolute atomic E-state index is 0.0950. The number of aromatic nitrogens is 3. The van der Waals surface area contributed by atoms with Gasteiger partial charge in [-0.25, -0.2) is 4.98 Å². The third-order valence-electron chi connectivity index (χ3n) is 3.74. The standard InChI is InChI=1S/C19H22N4O3/c1-12(2)26-14-4-5-16-15(11-14)19(23-22-16)13-6-8-20-17(10-13)21-18(24)7-9-25-3/h4-6,8,10-12H,7,9H2,1-3H3,(H,22,23)(H,20,21,24). The first kappa shape index (κ1) is 17.9. The molecule has 1 aromatic carbocycles. The highest BCUT2D eigenvalue weighted by molar-refractivity contribution is 5.95. The molecule has 0 saturated carbocycles. The average molecular weight is 354 g/mol. The number of carbonyl (C=O) groups is 1. The van der Waals surface area contributed by atoms with Crippen molar-refractivity contribution in [1.82, 2.24) is 15.2 Å². The monoisotopic (exact) mass is 354 g/mol. The summed E-state index contributed by atoms with van der Waals surface area (Å²) in [6.07, 6.45) is 2.03. The van der Waals surface area contributed by atoms with Crippen LogP contribution in [-0.2, 0) is 9.53 Å². The van der Waals surface area contributed by atoms with Crippen LogP contribution in [0.1, 0.15) is 20.3 Å². The number of anilines is 1. The number of hydrogen-bond donors (Lipinski definition) is 2. The Morgan fingerprint density at radius 1 is 1.27 bits per heavy atom. The zero-order valence-corrected chi connectivity index (χ0v) is 15.1. The van der Waals surface area contributed by atoms with Crippen LogP contribution in [0.5, 0.6) is 5.75 Å². The summed E-state index contributed by atoms with van der Waals surface area (Å²) >= 11 is 0. The third kappa shape index (κ3) is 4.18. The number of nitrogens with one attached hydrogen (secondary N) is 2. The molecule has 2 heterocycles. The SMILES string of the molecule is COCCC(=O)Nc1cc(-c2n[nH]c3ccc(OC(C)C)cc23)ccn1. The van der Waals surface area contributed by atoms with Crippen LogP contribution in [0.15, 0.2) is 36.5 Å². The maximum absolute atomic E-state index is 11.9. The Labute approximate surface area is 151 Å². The highest BCUT2D eigenvalue weighted by Gasteiger charge is 2.12. The van der Waals surface area contributed by atoms with Crippen molar-refractivity contribution in [3.63, 3.8) is 0 Å². The van der Waals surface area contributed by atoms with Crippen molar-refractivity contribution >= 4 is 22.6 Å². The Kier molecular flexibility index (Phi) is 5.48. The fourth-order valence-electron chi connectivity index (χ4n) is 2.60. The number of fused-ring (bicyclic) bond motifs is 1. The Hall–Kier alpha value is -2.93. The van der Waals surface area contributed by atoms with E-state index in [0.717, 1.165) is 27.9 Å². The van der Waals surface area contributed by atoms with Crippen LogP contribution in [0.4, 0.5) is 5.82 Å². The smallest absolute Gasteiger partial charge is 0.227 e. The van der Waals surface area contributed by atoms with Crippen LogP contribution in [-0.4, -0.2) is 40.9 Å². The maximum atomic E-state index is 11.9. The van der Waals surface area contributed by atoms with Crippen LogP contribution < -0.4 is 10.1 Å². The molecule has 26 heavy (non-hydrogen) atoms. The lowest BCUT2D eigenvalue weighted by Crippen LogP contribution is -2.14. The number of H-pyrrole nitrogens is 1. The van der Waals surface area contributed by atoms with E-state index >= 15 is 0 Å². The molecule has 0 aliphatic rings. The summed E-state index contributed by atoms with van der Waals surface area (Å²) in [7, 11) is 1.56. The Bertz CT molecular complexity index is 905. The van der Waals surface area contributed by atoms with Crippen LogP contribution in [0.3, 0.4) is 0 Å². The zero-order valence-electron chi connectivity index (χ0n) is 15.1. The van der Waals surface area contributed by atoms with Gasteiger partial charge in [-0.1, -0.05) is 0 Å². The molecule has 2 N–H and O–H groups in total. The number of hydrogen-bond acceptors (Lipinski definition) is 5. The second kappa shape index (κ2) is 7.97. The van der Waals surface area contributed by atoms with E-state index in [-0.39, 0.29) is 18.4 Å². The van der Waals surface area contributed by atoms with E-state index in [1.807, 2.05) is 38.1 Å². The van der Waals surface area contributed by atoms with E-state index in [0.29, 0.717) is 12.4 Å². The molecule has 1 amide bonds. The van der Waals surface area contributed by atoms with Gasteiger partial charge in [0.25, 0.3) is 0 Å². The van der Waals surface area contributed by atoms with E-state index in [1.54, 1.807) is 19.4 Å². The van der Waals surface area contributed by atoms with Crippen LogP contribution in [0.2, 0.25) is 0 Å². The molecule has 3 aromatic rings. The highest BCUT2D eigenvalue weighted by atomic mass is 16.5. The van der Waals surface area contributed by atoms with Crippen LogP contribution >= 0.6 is 0 Å². The molecular weight excluding hydrogens is 332 g/mol. The van der Waals surface area contributed by atoms with Crippen molar-refractivity contribution in [1.29, 1.82) is 0 Å². The Morgan fingerprint density at radius 2 is 2.12 bits per heavy atom. The van der Waals surface area contributed by atoms with Crippen molar-refractivity contribution in [2.45, 2.75) is 26.4 Å². The molecule has 0 aliphatic carbocycles. The Balaban J connectivity index is 1.89. The lowest BCUT2D eigenvalue weighted by molar-refractivity contribution is -0.117. The van der Waals surface area contributed by atoms with Gasteiger partial charge in [0.05, 0.1) is 24.6 Å². The molecule has 0 unspecified atom stereocenters. The van der Waals surface area contributed by atoms with E-state index < -0.39 is 0 Å². The number of benzene rings is 1. The molecule has 7 nitrogen and oxygen atoms in total. The molecule has 0 spiro atoms. The van der Waals surface area contributed by atoms with Crippen molar-refractivity contribution in [2.24, 2.45) is 0 Å². The van der Waals surface area contributed by atoms with E-state index in [4.69, 9.17) is 9.47 Å². The topological polar surface area (TPSA) is 89.1 Å². The molecule has 7 heteroatoms. The van der Waals surface area contributed by atoms with Crippen molar-refractivity contribution < 1.29 is 14.3 Å². The van der Waals surface area contributed by atoms with E-state index in [2.05, 4.69) is 20.5 Å². The van der Waals surface area contributed by atoms with Crippen LogP contribution in [0, 0.1) is 0 Å². The van der Waals surface area contributed by atoms with E-state index in [9.17, 15) is 4.79 Å². The minimum Gasteiger partial charge on any atom is -0.491 e. The van der Waals surface area contributed by atoms with Gasteiger partial charge in [-0.3, -0.25) is 9.89 Å². The van der Waals surface area contributed by atoms with Gasteiger partial charge in [-0.15, -0.1) is 0 Å². The summed E-state index contributed by atoms with van der Waals surface area (Å²) < 4.78 is 10.7. The number of aromatic amines is 1. The third-order valence-corrected chi connectivity index (χ3v) is 3.74. The maximum Gasteiger partial charge on any atom is 0.227 e. The number of carbonyl (C=O) groups excluding carboxylic acids is 1. The normalized spacial score (nSPS) is 11.1. The van der Waals surface area contributed by atoms with Gasteiger partial charge < -0.3 is 14.8 Å². The second-order valence-corrected chi connectivity index (χ2v) is 6.17. The summed E-state index contributed by atoms with van der Waals surface area (Å²) in [5.41, 5.74) is 2.55. The second-order valence-electron chi connectivity index (χ2n) is 6.17. The first-order chi connectivity index (χ1) is 12.6. The fraction of sp³-hybridized carbons (Fsp3) is 0.316. The molecule has 0 atom stereocenters. The van der Waals surface area contributed by atoms with Crippen molar-refractivity contribution in [3.05, 3.63) is 36.5 Å². The average Bonchev–Trinajstić information content (AvgIpc) is 3.03. The molecule has 0 saturated heterocycles. The quantitative estimate of drug-likeness (QED) is 0.679. The number of rotatable bonds is 7. The molecule has 0 aliphatic heterocycles. The fourth-order valence-corrected chi connectivity index (χ4v) is 2.60. The number of nitrogens with zero attached hydrogens (tertiary/aromatic N) is 2. The molecule has 2 aromatic heterocycles. The number of amides is 1.